The third kappa shape index (κ3) is 4.75. The van der Waals surface area contributed by atoms with E-state index in [1.807, 2.05) is 41.3 Å². The molecule has 13 heteroatoms. The number of aryl methyl sites for hydroxylation is 3. The lowest BCUT2D eigenvalue weighted by Crippen LogP contribution is -2.23. The van der Waals surface area contributed by atoms with E-state index in [-0.39, 0.29) is 17.9 Å². The Kier molecular flexibility index (Phi) is 5.79. The van der Waals surface area contributed by atoms with Gasteiger partial charge in [0.2, 0.25) is 17.7 Å². The fraction of sp³-hybridized carbons (Fsp3) is 0.333. The van der Waals surface area contributed by atoms with Crippen LogP contribution in [0, 0.1) is 12.8 Å². The van der Waals surface area contributed by atoms with Gasteiger partial charge in [-0.2, -0.15) is 19.7 Å². The summed E-state index contributed by atoms with van der Waals surface area (Å²) >= 11 is 0. The van der Waals surface area contributed by atoms with Crippen molar-refractivity contribution in [2.24, 2.45) is 11.7 Å². The highest BCUT2D eigenvalue weighted by Crippen LogP contribution is 2.27. The molecule has 188 valence electrons. The van der Waals surface area contributed by atoms with Gasteiger partial charge in [0.05, 0.1) is 18.1 Å². The van der Waals surface area contributed by atoms with Crippen molar-refractivity contribution in [3.63, 3.8) is 0 Å². The molecule has 3 N–H and O–H groups in total. The molecule has 1 aliphatic carbocycles. The number of nitrogens with zero attached hydrogens (tertiary/aromatic N) is 9. The Bertz CT molecular complexity index is 1550. The summed E-state index contributed by atoms with van der Waals surface area (Å²) < 4.78 is 8.56. The van der Waals surface area contributed by atoms with Gasteiger partial charge in [-0.15, -0.1) is 5.10 Å². The summed E-state index contributed by atoms with van der Waals surface area (Å²) in [4.78, 5) is 24.7. The van der Waals surface area contributed by atoms with Crippen molar-refractivity contribution in [1.82, 2.24) is 44.9 Å². The van der Waals surface area contributed by atoms with E-state index in [4.69, 9.17) is 10.3 Å². The Morgan fingerprint density at radius 3 is 2.78 bits per heavy atom. The third-order valence-electron chi connectivity index (χ3n) is 6.57. The fourth-order valence-electron chi connectivity index (χ4n) is 4.61. The lowest BCUT2D eigenvalue weighted by Gasteiger charge is -2.12. The standard InChI is InChI=1S/C24H25N11O2/c1-14-28-21(32-37-14)8-9-34-13-17(11-27-34)15-3-6-19(7-4-15)35-23-20(31-33-35)12-26-24(30-23)29-18-5-2-16(10-18)22(25)36/h3-4,6-7,11-13,16,18H,2,5,8-10H2,1H3,(H2,25,36)(H,26,29,30)/t16-,18-/m1/s1. The summed E-state index contributed by atoms with van der Waals surface area (Å²) in [5, 5.41) is 20.2. The van der Waals surface area contributed by atoms with Crippen LogP contribution in [0.25, 0.3) is 28.0 Å². The van der Waals surface area contributed by atoms with Gasteiger partial charge in [0, 0.05) is 43.6 Å². The van der Waals surface area contributed by atoms with Gasteiger partial charge in [-0.25, -0.2) is 4.98 Å². The Balaban J connectivity index is 1.16. The Morgan fingerprint density at radius 1 is 1.16 bits per heavy atom. The van der Waals surface area contributed by atoms with Crippen molar-refractivity contribution in [3.05, 3.63) is 54.6 Å². The first-order chi connectivity index (χ1) is 18.0. The molecule has 1 aromatic carbocycles. The van der Waals surface area contributed by atoms with E-state index >= 15 is 0 Å². The highest BCUT2D eigenvalue weighted by molar-refractivity contribution is 5.77. The molecule has 1 saturated carbocycles. The van der Waals surface area contributed by atoms with Crippen molar-refractivity contribution in [3.8, 4) is 16.8 Å². The molecule has 5 aromatic rings. The summed E-state index contributed by atoms with van der Waals surface area (Å²) in [6.45, 7) is 2.43. The minimum absolute atomic E-state index is 0.103. The molecular formula is C24H25N11O2. The number of nitrogens with one attached hydrogen (secondary N) is 1. The van der Waals surface area contributed by atoms with E-state index in [1.165, 1.54) is 0 Å². The quantitative estimate of drug-likeness (QED) is 0.322. The van der Waals surface area contributed by atoms with Crippen molar-refractivity contribution < 1.29 is 9.32 Å². The van der Waals surface area contributed by atoms with Gasteiger partial charge >= 0.3 is 0 Å². The summed E-state index contributed by atoms with van der Waals surface area (Å²) in [7, 11) is 0. The average Bonchev–Trinajstić information content (AvgIpc) is 3.70. The van der Waals surface area contributed by atoms with Crippen LogP contribution in [-0.2, 0) is 17.8 Å². The molecule has 1 fully saturated rings. The van der Waals surface area contributed by atoms with Crippen LogP contribution in [0.5, 0.6) is 0 Å². The highest BCUT2D eigenvalue weighted by atomic mass is 16.5. The zero-order valence-electron chi connectivity index (χ0n) is 20.2. The average molecular weight is 500 g/mol. The van der Waals surface area contributed by atoms with Gasteiger partial charge in [0.25, 0.3) is 0 Å². The lowest BCUT2D eigenvalue weighted by molar-refractivity contribution is -0.121. The predicted molar refractivity (Wildman–Crippen MR) is 132 cm³/mol. The van der Waals surface area contributed by atoms with E-state index in [0.717, 1.165) is 29.7 Å². The number of anilines is 1. The van der Waals surface area contributed by atoms with Gasteiger partial charge in [-0.3, -0.25) is 9.48 Å². The number of rotatable bonds is 8. The summed E-state index contributed by atoms with van der Waals surface area (Å²) in [5.41, 5.74) is 9.49. The Labute approximate surface area is 211 Å². The second-order valence-electron chi connectivity index (χ2n) is 9.18. The molecule has 1 amide bonds. The predicted octanol–water partition coefficient (Wildman–Crippen LogP) is 2.07. The molecule has 0 radical (unpaired) electrons. The summed E-state index contributed by atoms with van der Waals surface area (Å²) in [5.74, 6) is 1.35. The number of hydrogen-bond acceptors (Lipinski definition) is 10. The normalized spacial score (nSPS) is 17.4. The van der Waals surface area contributed by atoms with E-state index in [0.29, 0.717) is 48.2 Å². The molecule has 4 heterocycles. The molecule has 6 rings (SSSR count). The van der Waals surface area contributed by atoms with Crippen LogP contribution in [0.1, 0.15) is 31.0 Å². The molecule has 1 aliphatic rings. The fourth-order valence-corrected chi connectivity index (χ4v) is 4.61. The number of fused-ring (bicyclic) bond motifs is 1. The van der Waals surface area contributed by atoms with Gasteiger partial charge < -0.3 is 15.6 Å². The van der Waals surface area contributed by atoms with Crippen LogP contribution in [0.3, 0.4) is 0 Å². The second-order valence-corrected chi connectivity index (χ2v) is 9.18. The van der Waals surface area contributed by atoms with Crippen LogP contribution in [0.15, 0.2) is 47.4 Å². The maximum Gasteiger partial charge on any atom is 0.225 e. The molecule has 0 aliphatic heterocycles. The van der Waals surface area contributed by atoms with Crippen LogP contribution in [0.2, 0.25) is 0 Å². The SMILES string of the molecule is Cc1nc(CCn2cc(-c3ccc(-n4nnc5cnc(N[C@@H]6CC[C@@H](C(N)=O)C6)nc54)cc3)cn2)no1. The first-order valence-electron chi connectivity index (χ1n) is 12.1. The number of carbonyl (C=O) groups is 1. The molecule has 0 spiro atoms. The number of nitrogens with two attached hydrogens (primary N) is 1. The van der Waals surface area contributed by atoms with Crippen LogP contribution >= 0.6 is 0 Å². The van der Waals surface area contributed by atoms with Gasteiger partial charge in [-0.1, -0.05) is 22.5 Å². The summed E-state index contributed by atoms with van der Waals surface area (Å²) in [6.07, 6.45) is 8.42. The molecule has 0 bridgehead atoms. The first kappa shape index (κ1) is 22.8. The van der Waals surface area contributed by atoms with Crippen molar-refractivity contribution in [1.29, 1.82) is 0 Å². The number of carbonyl (C=O) groups excluding carboxylic acids is 1. The number of benzene rings is 1. The number of amides is 1. The van der Waals surface area contributed by atoms with Crippen molar-refractivity contribution >= 4 is 23.0 Å². The maximum atomic E-state index is 11.5. The maximum absolute atomic E-state index is 11.5. The van der Waals surface area contributed by atoms with E-state index in [1.54, 1.807) is 17.8 Å². The number of hydrogen-bond donors (Lipinski definition) is 2. The minimum atomic E-state index is -0.252. The second kappa shape index (κ2) is 9.41. The topological polar surface area (TPSA) is 168 Å². The Hall–Kier alpha value is -4.68. The lowest BCUT2D eigenvalue weighted by atomic mass is 10.1. The molecule has 4 aromatic heterocycles. The molecule has 0 saturated heterocycles. The smallest absolute Gasteiger partial charge is 0.225 e. The van der Waals surface area contributed by atoms with Gasteiger partial charge in [-0.05, 0) is 37.0 Å². The first-order valence-corrected chi connectivity index (χ1v) is 12.1. The van der Waals surface area contributed by atoms with Crippen LogP contribution in [0.4, 0.5) is 5.95 Å². The number of aromatic nitrogens is 9. The zero-order chi connectivity index (χ0) is 25.4. The summed E-state index contributed by atoms with van der Waals surface area (Å²) in [6, 6.07) is 8.06. The van der Waals surface area contributed by atoms with E-state index in [2.05, 4.69) is 40.8 Å². The monoisotopic (exact) mass is 499 g/mol. The third-order valence-corrected chi connectivity index (χ3v) is 6.57. The van der Waals surface area contributed by atoms with E-state index < -0.39 is 0 Å². The zero-order valence-corrected chi connectivity index (χ0v) is 20.2. The van der Waals surface area contributed by atoms with E-state index in [9.17, 15) is 4.79 Å². The highest BCUT2D eigenvalue weighted by Gasteiger charge is 2.29. The van der Waals surface area contributed by atoms with Crippen LogP contribution in [-0.4, -0.2) is 56.8 Å². The van der Waals surface area contributed by atoms with Gasteiger partial charge in [0.1, 0.15) is 0 Å². The molecule has 13 nitrogen and oxygen atoms in total. The minimum Gasteiger partial charge on any atom is -0.369 e. The Morgan fingerprint density at radius 2 is 2.03 bits per heavy atom. The molecule has 2 atom stereocenters. The largest absolute Gasteiger partial charge is 0.369 e. The van der Waals surface area contributed by atoms with Gasteiger partial charge in [0.15, 0.2) is 17.0 Å². The molecular weight excluding hydrogens is 474 g/mol. The van der Waals surface area contributed by atoms with Crippen LogP contribution < -0.4 is 11.1 Å². The number of primary amides is 1. The van der Waals surface area contributed by atoms with Crippen molar-refractivity contribution in [2.75, 3.05) is 5.32 Å². The van der Waals surface area contributed by atoms with Crippen molar-refractivity contribution in [2.45, 2.75) is 45.2 Å². The molecule has 37 heavy (non-hydrogen) atoms. The molecule has 0 unspecified atom stereocenters.